The maximum atomic E-state index is 2.38. The molecule has 29 heavy (non-hydrogen) atoms. The molecule has 0 aliphatic rings. The van der Waals surface area contributed by atoms with Crippen molar-refractivity contribution in [2.24, 2.45) is 0 Å². The summed E-state index contributed by atoms with van der Waals surface area (Å²) in [4.78, 5) is 0. The molecule has 0 aromatic heterocycles. The average molecular weight is 368 g/mol. The Morgan fingerprint density at radius 3 is 1.86 bits per heavy atom. The summed E-state index contributed by atoms with van der Waals surface area (Å²) in [6.45, 7) is 2.23. The van der Waals surface area contributed by atoms with Crippen LogP contribution in [-0.4, -0.2) is 0 Å². The first-order chi connectivity index (χ1) is 14.3. The van der Waals surface area contributed by atoms with E-state index in [9.17, 15) is 0 Å². The van der Waals surface area contributed by atoms with Crippen molar-refractivity contribution in [1.82, 2.24) is 0 Å². The zero-order valence-corrected chi connectivity index (χ0v) is 16.3. The molecular formula is C29H20. The van der Waals surface area contributed by atoms with Gasteiger partial charge in [-0.15, -0.1) is 0 Å². The molecule has 0 saturated heterocycles. The largest absolute Gasteiger partial charge is 0.0616 e. The third-order valence-electron chi connectivity index (χ3n) is 6.15. The Labute approximate surface area is 170 Å². The van der Waals surface area contributed by atoms with Gasteiger partial charge in [0.15, 0.2) is 0 Å². The van der Waals surface area contributed by atoms with Gasteiger partial charge < -0.3 is 0 Å². The van der Waals surface area contributed by atoms with E-state index in [1.54, 1.807) is 0 Å². The van der Waals surface area contributed by atoms with Gasteiger partial charge in [-0.25, -0.2) is 0 Å². The van der Waals surface area contributed by atoms with E-state index in [-0.39, 0.29) is 0 Å². The maximum absolute atomic E-state index is 2.38. The molecule has 6 aromatic carbocycles. The fourth-order valence-corrected chi connectivity index (χ4v) is 4.83. The van der Waals surface area contributed by atoms with Crippen LogP contribution in [0.15, 0.2) is 103 Å². The molecule has 6 rings (SSSR count). The zero-order valence-electron chi connectivity index (χ0n) is 16.3. The van der Waals surface area contributed by atoms with Gasteiger partial charge in [0.25, 0.3) is 0 Å². The molecule has 0 radical (unpaired) electrons. The minimum Gasteiger partial charge on any atom is -0.0616 e. The summed E-state index contributed by atoms with van der Waals surface area (Å²) >= 11 is 0. The van der Waals surface area contributed by atoms with Gasteiger partial charge in [-0.1, -0.05) is 97.1 Å². The highest BCUT2D eigenvalue weighted by Gasteiger charge is 2.15. The van der Waals surface area contributed by atoms with E-state index >= 15 is 0 Å². The minimum absolute atomic E-state index is 1.28. The van der Waals surface area contributed by atoms with Crippen LogP contribution < -0.4 is 0 Å². The average Bonchev–Trinajstić information content (AvgIpc) is 2.78. The zero-order chi connectivity index (χ0) is 19.4. The molecule has 6 aromatic rings. The van der Waals surface area contributed by atoms with Gasteiger partial charge >= 0.3 is 0 Å². The number of benzene rings is 6. The Balaban J connectivity index is 1.90. The molecule has 0 nitrogen and oxygen atoms in total. The SMILES string of the molecule is Cc1cc2c(-c3cccc4ccccc34)c3ccccc3cc2c2ccccc12. The molecule has 0 aliphatic heterocycles. The Morgan fingerprint density at radius 1 is 0.414 bits per heavy atom. The maximum Gasteiger partial charge on any atom is -0.00203 e. The summed E-state index contributed by atoms with van der Waals surface area (Å²) < 4.78 is 0. The second kappa shape index (κ2) is 6.18. The lowest BCUT2D eigenvalue weighted by atomic mass is 9.87. The van der Waals surface area contributed by atoms with E-state index in [2.05, 4.69) is 110 Å². The molecule has 0 N–H and O–H groups in total. The second-order valence-corrected chi connectivity index (χ2v) is 7.83. The molecule has 0 bridgehead atoms. The lowest BCUT2D eigenvalue weighted by molar-refractivity contribution is 1.56. The lowest BCUT2D eigenvalue weighted by Gasteiger charge is -2.17. The fraction of sp³-hybridized carbons (Fsp3) is 0.0345. The number of hydrogen-bond donors (Lipinski definition) is 0. The van der Waals surface area contributed by atoms with Crippen LogP contribution in [0.25, 0.3) is 54.2 Å². The highest BCUT2D eigenvalue weighted by molar-refractivity contribution is 6.22. The number of aryl methyl sites for hydroxylation is 1. The normalized spacial score (nSPS) is 11.6. The quantitative estimate of drug-likeness (QED) is 0.202. The standard InChI is InChI=1S/C29H20/c1-19-17-28-27(25-15-7-6-12-22(19)25)18-21-10-3-5-14-24(21)29(28)26-16-8-11-20-9-2-4-13-23(20)26/h2-18H,1H3. The van der Waals surface area contributed by atoms with E-state index in [1.165, 1.54) is 59.8 Å². The van der Waals surface area contributed by atoms with Gasteiger partial charge in [-0.3, -0.25) is 0 Å². The molecular weight excluding hydrogens is 348 g/mol. The van der Waals surface area contributed by atoms with Crippen molar-refractivity contribution in [2.75, 3.05) is 0 Å². The molecule has 0 unspecified atom stereocenters. The lowest BCUT2D eigenvalue weighted by Crippen LogP contribution is -1.90. The Bertz CT molecular complexity index is 1550. The van der Waals surface area contributed by atoms with E-state index in [1.807, 2.05) is 0 Å². The van der Waals surface area contributed by atoms with Crippen LogP contribution in [0.5, 0.6) is 0 Å². The molecule has 0 heterocycles. The van der Waals surface area contributed by atoms with Gasteiger partial charge in [0.2, 0.25) is 0 Å². The molecule has 0 heteroatoms. The number of hydrogen-bond acceptors (Lipinski definition) is 0. The van der Waals surface area contributed by atoms with Crippen molar-refractivity contribution in [2.45, 2.75) is 6.92 Å². The van der Waals surface area contributed by atoms with Crippen LogP contribution in [0.4, 0.5) is 0 Å². The van der Waals surface area contributed by atoms with E-state index in [0.29, 0.717) is 0 Å². The molecule has 0 amide bonds. The first kappa shape index (κ1) is 16.3. The van der Waals surface area contributed by atoms with Gasteiger partial charge in [-0.2, -0.15) is 0 Å². The van der Waals surface area contributed by atoms with Gasteiger partial charge in [0, 0.05) is 0 Å². The van der Waals surface area contributed by atoms with Crippen molar-refractivity contribution in [3.05, 3.63) is 109 Å². The molecule has 0 aliphatic carbocycles. The monoisotopic (exact) mass is 368 g/mol. The van der Waals surface area contributed by atoms with Crippen LogP contribution in [0, 0.1) is 6.92 Å². The third-order valence-corrected chi connectivity index (χ3v) is 6.15. The smallest absolute Gasteiger partial charge is 0.00203 e. The molecule has 136 valence electrons. The summed E-state index contributed by atoms with van der Waals surface area (Å²) in [6, 6.07) is 37.6. The van der Waals surface area contributed by atoms with Crippen molar-refractivity contribution in [3.8, 4) is 11.1 Å². The summed E-state index contributed by atoms with van der Waals surface area (Å²) in [5.41, 5.74) is 3.97. The van der Waals surface area contributed by atoms with Crippen molar-refractivity contribution in [1.29, 1.82) is 0 Å². The van der Waals surface area contributed by atoms with E-state index < -0.39 is 0 Å². The molecule has 0 saturated carbocycles. The Morgan fingerprint density at radius 2 is 1.03 bits per heavy atom. The first-order valence-electron chi connectivity index (χ1n) is 10.1. The first-order valence-corrected chi connectivity index (χ1v) is 10.1. The molecule has 0 atom stereocenters. The van der Waals surface area contributed by atoms with Crippen molar-refractivity contribution in [3.63, 3.8) is 0 Å². The van der Waals surface area contributed by atoms with Crippen LogP contribution >= 0.6 is 0 Å². The Kier molecular flexibility index (Phi) is 3.48. The Hall–Kier alpha value is -3.64. The number of fused-ring (bicyclic) bond motifs is 5. The van der Waals surface area contributed by atoms with E-state index in [0.717, 1.165) is 0 Å². The van der Waals surface area contributed by atoms with Crippen molar-refractivity contribution < 1.29 is 0 Å². The molecule has 0 spiro atoms. The minimum atomic E-state index is 1.28. The van der Waals surface area contributed by atoms with Gasteiger partial charge in [-0.05, 0) is 72.8 Å². The van der Waals surface area contributed by atoms with Crippen LogP contribution in [0.1, 0.15) is 5.56 Å². The number of rotatable bonds is 1. The molecule has 0 fully saturated rings. The van der Waals surface area contributed by atoms with Gasteiger partial charge in [0.1, 0.15) is 0 Å². The predicted molar refractivity (Wildman–Crippen MR) is 127 cm³/mol. The summed E-state index contributed by atoms with van der Waals surface area (Å²) in [7, 11) is 0. The topological polar surface area (TPSA) is 0 Å². The third kappa shape index (κ3) is 2.39. The highest BCUT2D eigenvalue weighted by Crippen LogP contribution is 2.42. The van der Waals surface area contributed by atoms with E-state index in [4.69, 9.17) is 0 Å². The van der Waals surface area contributed by atoms with Crippen LogP contribution in [-0.2, 0) is 0 Å². The predicted octanol–water partition coefficient (Wildman–Crippen LogP) is 8.27. The second-order valence-electron chi connectivity index (χ2n) is 7.83. The van der Waals surface area contributed by atoms with Crippen LogP contribution in [0.2, 0.25) is 0 Å². The summed E-state index contributed by atoms with van der Waals surface area (Å²) in [5, 5.41) is 10.5. The van der Waals surface area contributed by atoms with Crippen LogP contribution in [0.3, 0.4) is 0 Å². The van der Waals surface area contributed by atoms with Gasteiger partial charge in [0.05, 0.1) is 0 Å². The van der Waals surface area contributed by atoms with Crippen molar-refractivity contribution >= 4 is 43.1 Å². The highest BCUT2D eigenvalue weighted by atomic mass is 14.2. The summed E-state index contributed by atoms with van der Waals surface area (Å²) in [6.07, 6.45) is 0. The summed E-state index contributed by atoms with van der Waals surface area (Å²) in [5.74, 6) is 0. The fourth-order valence-electron chi connectivity index (χ4n) is 4.83.